The molecule has 0 saturated carbocycles. The summed E-state index contributed by atoms with van der Waals surface area (Å²) >= 11 is 0. The Kier molecular flexibility index (Phi) is 11.7. The fourth-order valence-electron chi connectivity index (χ4n) is 1.69. The van der Waals surface area contributed by atoms with Gasteiger partial charge in [0.1, 0.15) is 0 Å². The summed E-state index contributed by atoms with van der Waals surface area (Å²) in [6.07, 6.45) is 2.22. The molecule has 0 spiro atoms. The average molecular weight is 447 g/mol. The molecule has 0 aliphatic heterocycles. The van der Waals surface area contributed by atoms with Crippen molar-refractivity contribution in [3.8, 4) is 0 Å². The van der Waals surface area contributed by atoms with Crippen molar-refractivity contribution in [2.75, 3.05) is 19.3 Å². The maximum absolute atomic E-state index is 12.0. The van der Waals surface area contributed by atoms with Crippen molar-refractivity contribution >= 4 is 39.8 Å². The average Bonchev–Trinajstić information content (AvgIpc) is 2.33. The predicted molar refractivity (Wildman–Crippen MR) is 107 cm³/mol. The van der Waals surface area contributed by atoms with E-state index in [1.165, 1.54) is 0 Å². The van der Waals surface area contributed by atoms with Crippen LogP contribution < -0.4 is 10.6 Å². The minimum Gasteiger partial charge on any atom is -0.355 e. The number of hydrogen-bond donors (Lipinski definition) is 2. The summed E-state index contributed by atoms with van der Waals surface area (Å²) in [4.78, 5) is 4.14. The zero-order chi connectivity index (χ0) is 16.7. The zero-order valence-electron chi connectivity index (χ0n) is 15.1. The minimum absolute atomic E-state index is 0. The van der Waals surface area contributed by atoms with Crippen LogP contribution in [0.15, 0.2) is 4.99 Å². The third-order valence-electron chi connectivity index (χ3n) is 3.38. The first-order valence-electron chi connectivity index (χ1n) is 7.69. The molecule has 22 heavy (non-hydrogen) atoms. The molecule has 0 aromatic rings. The lowest BCUT2D eigenvalue weighted by molar-refractivity contribution is 0.489. The predicted octanol–water partition coefficient (Wildman–Crippen LogP) is 2.81. The lowest BCUT2D eigenvalue weighted by Crippen LogP contribution is -2.44. The van der Waals surface area contributed by atoms with Crippen molar-refractivity contribution in [1.29, 1.82) is 0 Å². The Labute approximate surface area is 154 Å². The third kappa shape index (κ3) is 9.86. The molecule has 7 heteroatoms. The van der Waals surface area contributed by atoms with Gasteiger partial charge in [-0.2, -0.15) is 0 Å². The molecule has 1 unspecified atom stereocenters. The summed E-state index contributed by atoms with van der Waals surface area (Å²) in [7, 11) is -1.40. The normalized spacial score (nSPS) is 14.5. The number of guanidine groups is 1. The summed E-state index contributed by atoms with van der Waals surface area (Å²) in [5.74, 6) is 1.45. The van der Waals surface area contributed by atoms with E-state index in [9.17, 15) is 8.42 Å². The molecule has 0 aliphatic rings. The first kappa shape index (κ1) is 24.2. The van der Waals surface area contributed by atoms with E-state index in [0.29, 0.717) is 24.5 Å². The van der Waals surface area contributed by atoms with E-state index >= 15 is 0 Å². The Morgan fingerprint density at radius 3 is 2.09 bits per heavy atom. The molecule has 0 aromatic heterocycles. The summed E-state index contributed by atoms with van der Waals surface area (Å²) in [6, 6.07) is 0.317. The Morgan fingerprint density at radius 1 is 1.14 bits per heavy atom. The number of sulfone groups is 1. The highest BCUT2D eigenvalue weighted by Gasteiger charge is 2.28. The number of hydrogen-bond acceptors (Lipinski definition) is 3. The van der Waals surface area contributed by atoms with Crippen LogP contribution in [0.1, 0.15) is 54.4 Å². The van der Waals surface area contributed by atoms with Crippen LogP contribution in [-0.2, 0) is 9.84 Å². The van der Waals surface area contributed by atoms with E-state index in [0.717, 1.165) is 12.8 Å². The highest BCUT2D eigenvalue weighted by molar-refractivity contribution is 14.0. The Hall–Kier alpha value is -0.0500. The summed E-state index contributed by atoms with van der Waals surface area (Å²) in [5.41, 5.74) is 0. The van der Waals surface area contributed by atoms with Gasteiger partial charge < -0.3 is 10.6 Å². The summed E-state index contributed by atoms with van der Waals surface area (Å²) in [6.45, 7) is 12.1. The van der Waals surface area contributed by atoms with Crippen molar-refractivity contribution in [2.24, 2.45) is 10.9 Å². The van der Waals surface area contributed by atoms with Gasteiger partial charge in [0, 0.05) is 19.6 Å². The van der Waals surface area contributed by atoms with E-state index in [-0.39, 0.29) is 29.7 Å². The standard InChI is InChI=1S/C15H33N3O2S.HI/c1-12(2)8-9-13(3)18-14(16-7)17-10-11-21(19,20)15(4,5)6;/h12-13H,8-11H2,1-7H3,(H2,16,17,18);1H. The molecule has 134 valence electrons. The van der Waals surface area contributed by atoms with Crippen molar-refractivity contribution < 1.29 is 8.42 Å². The molecule has 0 aromatic carbocycles. The molecule has 5 nitrogen and oxygen atoms in total. The van der Waals surface area contributed by atoms with E-state index < -0.39 is 14.6 Å². The number of aliphatic imine (C=N–C) groups is 1. The van der Waals surface area contributed by atoms with Gasteiger partial charge in [-0.25, -0.2) is 8.42 Å². The molecule has 0 amide bonds. The number of nitrogens with zero attached hydrogens (tertiary/aromatic N) is 1. The molecule has 0 heterocycles. The van der Waals surface area contributed by atoms with Crippen LogP contribution in [0.5, 0.6) is 0 Å². The monoisotopic (exact) mass is 447 g/mol. The van der Waals surface area contributed by atoms with Crippen molar-refractivity contribution in [1.82, 2.24) is 10.6 Å². The van der Waals surface area contributed by atoms with Crippen LogP contribution in [0.3, 0.4) is 0 Å². The highest BCUT2D eigenvalue weighted by atomic mass is 127. The second-order valence-electron chi connectivity index (χ2n) is 6.95. The summed E-state index contributed by atoms with van der Waals surface area (Å²) < 4.78 is 23.3. The Morgan fingerprint density at radius 2 is 1.68 bits per heavy atom. The van der Waals surface area contributed by atoms with E-state index in [2.05, 4.69) is 36.4 Å². The SMILES string of the molecule is CN=C(NCCS(=O)(=O)C(C)(C)C)NC(C)CCC(C)C.I. The van der Waals surface area contributed by atoms with Crippen molar-refractivity contribution in [2.45, 2.75) is 65.2 Å². The van der Waals surface area contributed by atoms with Gasteiger partial charge in [-0.15, -0.1) is 24.0 Å². The van der Waals surface area contributed by atoms with Gasteiger partial charge in [-0.05, 0) is 46.5 Å². The first-order valence-corrected chi connectivity index (χ1v) is 9.34. The second kappa shape index (κ2) is 10.7. The zero-order valence-corrected chi connectivity index (χ0v) is 18.2. The molecule has 1 atom stereocenters. The fraction of sp³-hybridized carbons (Fsp3) is 0.933. The van der Waals surface area contributed by atoms with Crippen LogP contribution in [0, 0.1) is 5.92 Å². The molecule has 0 saturated heterocycles. The van der Waals surface area contributed by atoms with Crippen molar-refractivity contribution in [3.05, 3.63) is 0 Å². The minimum atomic E-state index is -3.10. The van der Waals surface area contributed by atoms with Crippen molar-refractivity contribution in [3.63, 3.8) is 0 Å². The second-order valence-corrected chi connectivity index (χ2v) is 9.81. The quantitative estimate of drug-likeness (QED) is 0.358. The van der Waals surface area contributed by atoms with Crippen LogP contribution in [0.4, 0.5) is 0 Å². The Balaban J connectivity index is 0. The van der Waals surface area contributed by atoms with E-state index in [1.807, 2.05) is 0 Å². The number of halogens is 1. The maximum atomic E-state index is 12.0. The largest absolute Gasteiger partial charge is 0.355 e. The lowest BCUT2D eigenvalue weighted by atomic mass is 10.0. The van der Waals surface area contributed by atoms with Gasteiger partial charge in [-0.1, -0.05) is 13.8 Å². The molecular formula is C15H34IN3O2S. The molecular weight excluding hydrogens is 413 g/mol. The molecule has 0 rings (SSSR count). The van der Waals surface area contributed by atoms with Crippen LogP contribution in [0.25, 0.3) is 0 Å². The molecule has 0 radical (unpaired) electrons. The van der Waals surface area contributed by atoms with Gasteiger partial charge in [0.05, 0.1) is 10.5 Å². The van der Waals surface area contributed by atoms with Gasteiger partial charge in [-0.3, -0.25) is 4.99 Å². The van der Waals surface area contributed by atoms with E-state index in [4.69, 9.17) is 0 Å². The van der Waals surface area contributed by atoms with Gasteiger partial charge in [0.25, 0.3) is 0 Å². The van der Waals surface area contributed by atoms with Crippen LogP contribution >= 0.6 is 24.0 Å². The van der Waals surface area contributed by atoms with Gasteiger partial charge in [0.2, 0.25) is 0 Å². The molecule has 0 aliphatic carbocycles. The fourth-order valence-corrected chi connectivity index (χ4v) is 2.68. The third-order valence-corrected chi connectivity index (χ3v) is 5.99. The van der Waals surface area contributed by atoms with Gasteiger partial charge >= 0.3 is 0 Å². The van der Waals surface area contributed by atoms with Crippen LogP contribution in [0.2, 0.25) is 0 Å². The van der Waals surface area contributed by atoms with Gasteiger partial charge in [0.15, 0.2) is 15.8 Å². The molecule has 0 bridgehead atoms. The number of nitrogens with one attached hydrogen (secondary N) is 2. The summed E-state index contributed by atoms with van der Waals surface area (Å²) in [5, 5.41) is 6.37. The lowest BCUT2D eigenvalue weighted by Gasteiger charge is -2.21. The first-order chi connectivity index (χ1) is 9.49. The molecule has 0 fully saturated rings. The Bertz CT molecular complexity index is 429. The topological polar surface area (TPSA) is 70.6 Å². The van der Waals surface area contributed by atoms with Crippen LogP contribution in [-0.4, -0.2) is 44.5 Å². The highest BCUT2D eigenvalue weighted by Crippen LogP contribution is 2.15. The number of rotatable bonds is 7. The molecule has 2 N–H and O–H groups in total. The van der Waals surface area contributed by atoms with E-state index in [1.54, 1.807) is 27.8 Å². The maximum Gasteiger partial charge on any atom is 0.191 e. The smallest absolute Gasteiger partial charge is 0.191 e.